The van der Waals surface area contributed by atoms with Gasteiger partial charge in [0.05, 0.1) is 122 Å². The van der Waals surface area contributed by atoms with Crippen molar-refractivity contribution in [2.75, 3.05) is 47.7 Å². The number of hydrogen-bond acceptors (Lipinski definition) is 32. The summed E-state index contributed by atoms with van der Waals surface area (Å²) in [6.07, 6.45) is 10.9. The largest absolute Gasteiger partial charge is 0.390 e. The van der Waals surface area contributed by atoms with Crippen LogP contribution in [-0.4, -0.2) is 148 Å². The van der Waals surface area contributed by atoms with Gasteiger partial charge in [-0.15, -0.1) is 95.8 Å². The van der Waals surface area contributed by atoms with Gasteiger partial charge in [-0.25, -0.2) is 44.7 Å². The number of aryl methyl sites for hydroxylation is 5. The van der Waals surface area contributed by atoms with Gasteiger partial charge in [-0.2, -0.15) is 13.1 Å². The zero-order valence-electron chi connectivity index (χ0n) is 73.0. The Bertz CT molecular complexity index is 5350. The number of aliphatic hydroxyl groups is 3. The number of amides is 1. The van der Waals surface area contributed by atoms with Gasteiger partial charge in [0.15, 0.2) is 6.29 Å². The Morgan fingerprint density at radius 2 is 0.743 bits per heavy atom. The lowest BCUT2D eigenvalue weighted by atomic mass is 10.0. The molecule has 0 unspecified atom stereocenters. The quantitative estimate of drug-likeness (QED) is 0.0187. The van der Waals surface area contributed by atoms with Crippen LogP contribution in [0.15, 0.2) is 164 Å². The fourth-order valence-electron chi connectivity index (χ4n) is 11.5. The van der Waals surface area contributed by atoms with Crippen LogP contribution in [0.4, 0.5) is 4.79 Å². The number of hydrogen-bond donors (Lipinski definition) is 6. The van der Waals surface area contributed by atoms with Crippen LogP contribution in [-0.2, 0) is 141 Å². The molecule has 1 amide bonds. The second-order valence-corrected chi connectivity index (χ2v) is 37.0. The fourth-order valence-corrected chi connectivity index (χ4v) is 17.6. The summed E-state index contributed by atoms with van der Waals surface area (Å²) in [7, 11) is 5.04. The van der Waals surface area contributed by atoms with Crippen molar-refractivity contribution in [2.45, 2.75) is 290 Å². The van der Waals surface area contributed by atoms with E-state index in [1.54, 1.807) is 74.2 Å². The molecule has 35 heteroatoms. The minimum Gasteiger partial charge on any atom is -0.390 e. The zero-order valence-corrected chi connectivity index (χ0v) is 80.4. The molecule has 1 aliphatic heterocycles. The maximum Gasteiger partial charge on any atom is 0.344 e. The Labute approximate surface area is 877 Å². The van der Waals surface area contributed by atoms with Crippen LogP contribution in [0.2, 0.25) is 0 Å². The van der Waals surface area contributed by atoms with E-state index in [1.807, 2.05) is 79.4 Å². The summed E-state index contributed by atoms with van der Waals surface area (Å²) < 4.78 is 38.5. The smallest absolute Gasteiger partial charge is 0.344 e. The second-order valence-electron chi connectivity index (χ2n) is 27.8. The predicted molar refractivity (Wildman–Crippen MR) is 611 cm³/mol. The third-order valence-corrected chi connectivity index (χ3v) is 26.0. The molecule has 1 saturated heterocycles. The van der Waals surface area contributed by atoms with E-state index in [9.17, 15) is 18.0 Å². The average Bonchev–Trinajstić information content (AvgIpc) is 1.72. The molecular weight excluding hydrogens is 1930 g/mol. The molecule has 0 bridgehead atoms. The molecule has 9 aromatic heterocycles. The van der Waals surface area contributed by atoms with Crippen molar-refractivity contribution >= 4 is 124 Å². The molecule has 10 heterocycles. The van der Waals surface area contributed by atoms with Gasteiger partial charge in [0.1, 0.15) is 33.4 Å². The molecule has 0 spiro atoms. The summed E-state index contributed by atoms with van der Waals surface area (Å²) in [6.45, 7) is 19.2. The van der Waals surface area contributed by atoms with Crippen LogP contribution in [0.5, 0.6) is 0 Å². The van der Waals surface area contributed by atoms with Gasteiger partial charge in [0.25, 0.3) is 10.1 Å². The summed E-state index contributed by atoms with van der Waals surface area (Å²) in [6, 6.07) is 40.1. The molecule has 5 aromatic carbocycles. The molecular formula is C105H176N16O10S9. The molecule has 0 atom stereocenters. The lowest BCUT2D eigenvalue weighted by molar-refractivity contribution is -0.183. The third-order valence-electron chi connectivity index (χ3n) is 17.5. The fraction of sp³-hybridized carbons (Fsp3) is 0.467. The molecule has 140 heavy (non-hydrogen) atoms. The molecule has 15 rings (SSSR count). The SMILES string of the molecule is C.C.C.C.C.C.C.C.C.C.C.C.C.C.C.CC.CCc1nc(CO)cs1.CCc1nc(COS(C)(=O)=O)cs1.CCc1nc(Cc2ccccc2C2OCCCO2)cs1.CCc1nc(Cc2ccccc2C=O)cs1.CCc1nc(Cc2ccccc2CN(C)C)cs1.CN(C)Cc1ccccc1Cc1csc(CN)n1.NCc1nc(CO)cs1.O=C(NCc1nc(CO)cs1)n1nnc2ccccc21. The Morgan fingerprint density at radius 1 is 0.436 bits per heavy atom. The van der Waals surface area contributed by atoms with Gasteiger partial charge < -0.3 is 51.4 Å². The summed E-state index contributed by atoms with van der Waals surface area (Å²) in [5.74, 6) is 0. The van der Waals surface area contributed by atoms with E-state index in [4.69, 9.17) is 36.3 Å². The molecule has 8 N–H and O–H groups in total. The number of benzene rings is 5. The van der Waals surface area contributed by atoms with Crippen molar-refractivity contribution in [3.63, 3.8) is 0 Å². The molecule has 790 valence electrons. The van der Waals surface area contributed by atoms with E-state index in [0.717, 1.165) is 173 Å². The number of ether oxygens (including phenoxy) is 2. The number of thiazole rings is 8. The minimum atomic E-state index is -3.36. The first-order chi connectivity index (χ1) is 60.6. The number of nitrogens with zero attached hydrogens (tertiary/aromatic N) is 13. The molecule has 1 fully saturated rings. The monoisotopic (exact) mass is 2110 g/mol. The summed E-state index contributed by atoms with van der Waals surface area (Å²) in [4.78, 5) is 62.0. The van der Waals surface area contributed by atoms with E-state index in [-0.39, 0.29) is 157 Å². The van der Waals surface area contributed by atoms with E-state index in [1.165, 1.54) is 82.2 Å². The lowest BCUT2D eigenvalue weighted by Gasteiger charge is -2.25. The molecule has 0 saturated carbocycles. The first-order valence-electron chi connectivity index (χ1n) is 41.0. The zero-order chi connectivity index (χ0) is 90.3. The molecule has 1 aliphatic rings. The van der Waals surface area contributed by atoms with Gasteiger partial charge in [-0.3, -0.25) is 8.98 Å². The van der Waals surface area contributed by atoms with Crippen LogP contribution >= 0.6 is 90.7 Å². The van der Waals surface area contributed by atoms with Crippen LogP contribution in [0, 0.1) is 0 Å². The number of carbonyl (C=O) groups excluding carboxylic acids is 2. The maximum atomic E-state index is 12.0. The van der Waals surface area contributed by atoms with Crippen LogP contribution < -0.4 is 16.8 Å². The topological polar surface area (TPSA) is 361 Å². The molecule has 26 nitrogen and oxygen atoms in total. The van der Waals surface area contributed by atoms with Crippen molar-refractivity contribution in [1.82, 2.24) is 70.0 Å². The van der Waals surface area contributed by atoms with E-state index >= 15 is 0 Å². The van der Waals surface area contributed by atoms with Crippen LogP contribution in [0.25, 0.3) is 11.0 Å². The van der Waals surface area contributed by atoms with Crippen molar-refractivity contribution in [1.29, 1.82) is 0 Å². The number of aldehydes is 1. The van der Waals surface area contributed by atoms with Gasteiger partial charge in [-0.1, -0.05) is 274 Å². The number of aromatic nitrogens is 11. The van der Waals surface area contributed by atoms with Crippen molar-refractivity contribution in [3.8, 4) is 0 Å². The highest BCUT2D eigenvalue weighted by Crippen LogP contribution is 2.29. The van der Waals surface area contributed by atoms with Gasteiger partial charge >= 0.3 is 6.03 Å². The summed E-state index contributed by atoms with van der Waals surface area (Å²) >= 11 is 12.8. The van der Waals surface area contributed by atoms with E-state index in [2.05, 4.69) is 214 Å². The van der Waals surface area contributed by atoms with Gasteiger partial charge in [0, 0.05) is 106 Å². The normalized spacial score (nSPS) is 10.4. The molecule has 0 radical (unpaired) electrons. The first kappa shape index (κ1) is 149. The van der Waals surface area contributed by atoms with Crippen LogP contribution in [0.1, 0.15) is 307 Å². The number of nitrogens with one attached hydrogen (secondary N) is 1. The Balaban J connectivity index is -0.000000199. The number of carbonyl (C=O) groups is 2. The number of nitrogens with two attached hydrogens (primary N) is 2. The molecule has 0 aliphatic carbocycles. The Morgan fingerprint density at radius 3 is 1.11 bits per heavy atom. The Kier molecular flexibility index (Phi) is 87.9. The van der Waals surface area contributed by atoms with E-state index < -0.39 is 10.1 Å². The number of para-hydroxylation sites is 1. The van der Waals surface area contributed by atoms with Crippen molar-refractivity contribution in [3.05, 3.63) is 294 Å². The highest BCUT2D eigenvalue weighted by Gasteiger charge is 2.21. The van der Waals surface area contributed by atoms with Gasteiger partial charge in [0.2, 0.25) is 0 Å². The number of rotatable bonds is 29. The first-order valence-corrected chi connectivity index (χ1v) is 49.8. The predicted octanol–water partition coefficient (Wildman–Crippen LogP) is 26.6. The number of fused-ring (bicyclic) bond motifs is 1. The van der Waals surface area contributed by atoms with Crippen LogP contribution in [0.3, 0.4) is 0 Å². The summed E-state index contributed by atoms with van der Waals surface area (Å²) in [5, 5.41) is 60.6. The highest BCUT2D eigenvalue weighted by atomic mass is 32.2. The standard InChI is InChI=1S/C16H19NO2S.C15H20N2S.C14H19N3S.C13H13NOS.C12H11N5O2S.C7H11NO3S2.C6H9NOS.C5H8N2OS.C2H6.15CH4/c1-2-15-17-13(11-20-15)10-12-6-3-4-7-14(12)16-18-8-5-9-19-16;1-4-15-16-14(11-18-15)9-12-7-5-6-8-13(12)10-17(2)3;1-17(2)9-12-6-4-3-5-11(12)7-13-10-18-14(8-15)16-13;1-2-13-14-12(9-16-13)7-10-5-3-4-6-11(10)8-15;18-6-8-7-20-11(14-8)5-13-12(19)17-10-4-2-1-3-9(10)15-16-17;1-3-7-8-6(5-12-7)4-11-13(2,9)10;1-2-6-7-5(3-8)4-9-6;6-1-5-7-4(2-8)3-9-5;1-2;;;;;;;;;;;;;;;/h3-4,6-7,11,16H,2,5,8-10H2,1H3;5-8,11H,4,9-10H2,1-3H3;3-6,10H,7-9,15H2,1-2H3;3-6,8-9H,2,7H2,1H3;1-4,7,18H,5-6H2,(H,13,19);5H,3-4H2,1-2H3;4,8H,2-3H2,1H3;3,8H,1-2,6H2;1-2H3;15*1H4. The molecule has 14 aromatic rings. The summed E-state index contributed by atoms with van der Waals surface area (Å²) in [5.41, 5.74) is 29.2. The van der Waals surface area contributed by atoms with Gasteiger partial charge in [-0.05, 0) is 112 Å². The number of aliphatic hydroxyl groups excluding tert-OH is 3. The average molecular weight is 2110 g/mol. The van der Waals surface area contributed by atoms with Crippen molar-refractivity contribution in [2.24, 2.45) is 11.5 Å². The minimum absolute atomic E-state index is 0. The lowest BCUT2D eigenvalue weighted by Crippen LogP contribution is -2.28. The second kappa shape index (κ2) is 82.6. The Hall–Kier alpha value is -8.77. The highest BCUT2D eigenvalue weighted by molar-refractivity contribution is 7.85. The third kappa shape index (κ3) is 53.0. The van der Waals surface area contributed by atoms with Crippen molar-refractivity contribution < 1.29 is 47.0 Å². The van der Waals surface area contributed by atoms with E-state index in [0.29, 0.717) is 41.2 Å². The maximum absolute atomic E-state index is 12.0.